The molecule has 0 spiro atoms. The molecule has 6 nitrogen and oxygen atoms in total. The lowest BCUT2D eigenvalue weighted by atomic mass is 10.2. The van der Waals surface area contributed by atoms with E-state index in [2.05, 4.69) is 16.9 Å². The maximum absolute atomic E-state index is 13.1. The van der Waals surface area contributed by atoms with Crippen molar-refractivity contribution < 1.29 is 0 Å². The van der Waals surface area contributed by atoms with Crippen LogP contribution < -0.4 is 11.1 Å². The highest BCUT2D eigenvalue weighted by atomic mass is 32.2. The molecule has 0 unspecified atom stereocenters. The molecule has 0 saturated carbocycles. The Morgan fingerprint density at radius 3 is 2.37 bits per heavy atom. The molecule has 154 valence electrons. The fourth-order valence-corrected chi connectivity index (χ4v) is 4.38. The fourth-order valence-electron chi connectivity index (χ4n) is 3.49. The largest absolute Gasteiger partial charge is 0.309 e. The minimum atomic E-state index is -0.153. The second kappa shape index (κ2) is 9.26. The highest BCUT2D eigenvalue weighted by Crippen LogP contribution is 2.22. The molecule has 0 fully saturated rings. The Bertz CT molecular complexity index is 1300. The number of nitrogens with one attached hydrogen (secondary N) is 1. The van der Waals surface area contributed by atoms with Crippen LogP contribution in [0, 0.1) is 0 Å². The molecule has 1 N–H and O–H groups in total. The van der Waals surface area contributed by atoms with Gasteiger partial charge in [-0.2, -0.15) is 0 Å². The normalized spacial score (nSPS) is 11.4. The molecule has 4 rings (SSSR count). The molecule has 0 bridgehead atoms. The lowest BCUT2D eigenvalue weighted by Gasteiger charge is -2.13. The standard InChI is InChI=1S/C23H24N4O2S/c1-2-3-4-9-14-27-22(29)17-11-6-8-13-19(17)25-23(27)30-15-20-24-18-12-7-5-10-16(18)21(28)26-20/h5-8,10-13H,2-4,9,14-15H2,1H3,(H,24,26,28). The van der Waals surface area contributed by atoms with Crippen LogP contribution in [-0.4, -0.2) is 19.5 Å². The van der Waals surface area contributed by atoms with Crippen molar-refractivity contribution in [3.63, 3.8) is 0 Å². The molecular weight excluding hydrogens is 396 g/mol. The average molecular weight is 421 g/mol. The number of H-pyrrole nitrogens is 1. The quantitative estimate of drug-likeness (QED) is 0.258. The number of thioether (sulfide) groups is 1. The monoisotopic (exact) mass is 420 g/mol. The van der Waals surface area contributed by atoms with Gasteiger partial charge < -0.3 is 4.98 Å². The Morgan fingerprint density at radius 2 is 1.60 bits per heavy atom. The summed E-state index contributed by atoms with van der Waals surface area (Å²) in [6.45, 7) is 2.81. The van der Waals surface area contributed by atoms with Gasteiger partial charge in [0.25, 0.3) is 11.1 Å². The van der Waals surface area contributed by atoms with Crippen molar-refractivity contribution >= 4 is 33.6 Å². The molecule has 4 aromatic rings. The van der Waals surface area contributed by atoms with Gasteiger partial charge in [-0.05, 0) is 30.7 Å². The molecule has 0 aliphatic heterocycles. The summed E-state index contributed by atoms with van der Waals surface area (Å²) in [4.78, 5) is 37.6. The summed E-state index contributed by atoms with van der Waals surface area (Å²) in [6, 6.07) is 14.7. The Morgan fingerprint density at radius 1 is 0.900 bits per heavy atom. The van der Waals surface area contributed by atoms with E-state index in [1.54, 1.807) is 10.6 Å². The van der Waals surface area contributed by atoms with Crippen LogP contribution in [0.3, 0.4) is 0 Å². The van der Waals surface area contributed by atoms with Gasteiger partial charge in [-0.25, -0.2) is 9.97 Å². The second-order valence-corrected chi connectivity index (χ2v) is 8.19. The third-order valence-corrected chi connectivity index (χ3v) is 6.05. The minimum absolute atomic E-state index is 0.0143. The minimum Gasteiger partial charge on any atom is -0.309 e. The molecule has 0 atom stereocenters. The summed E-state index contributed by atoms with van der Waals surface area (Å²) in [5.74, 6) is 1.00. The number of aromatic nitrogens is 4. The molecule has 0 radical (unpaired) electrons. The third-order valence-electron chi connectivity index (χ3n) is 5.06. The Labute approximate surface area is 178 Å². The first kappa shape index (κ1) is 20.3. The molecule has 0 aliphatic rings. The van der Waals surface area contributed by atoms with Gasteiger partial charge in [-0.1, -0.05) is 62.2 Å². The molecule has 0 aliphatic carbocycles. The summed E-state index contributed by atoms with van der Waals surface area (Å²) in [7, 11) is 0. The molecule has 30 heavy (non-hydrogen) atoms. The summed E-state index contributed by atoms with van der Waals surface area (Å²) in [5, 5.41) is 1.86. The molecule has 2 aromatic carbocycles. The van der Waals surface area contributed by atoms with Crippen LogP contribution in [0.1, 0.15) is 38.4 Å². The number of benzene rings is 2. The molecule has 0 saturated heterocycles. The van der Waals surface area contributed by atoms with Gasteiger partial charge in [-0.3, -0.25) is 14.2 Å². The number of hydrogen-bond donors (Lipinski definition) is 1. The third kappa shape index (κ3) is 4.31. The van der Waals surface area contributed by atoms with Crippen molar-refractivity contribution in [2.24, 2.45) is 0 Å². The van der Waals surface area contributed by atoms with Crippen LogP contribution >= 0.6 is 11.8 Å². The van der Waals surface area contributed by atoms with Crippen molar-refractivity contribution in [3.8, 4) is 0 Å². The highest BCUT2D eigenvalue weighted by Gasteiger charge is 2.12. The SMILES string of the molecule is CCCCCCn1c(SCc2nc3ccccc3c(=O)[nH]2)nc2ccccc2c1=O. The number of para-hydroxylation sites is 2. The number of aromatic amines is 1. The zero-order chi connectivity index (χ0) is 20.9. The molecule has 2 aromatic heterocycles. The van der Waals surface area contributed by atoms with Crippen molar-refractivity contribution in [2.75, 3.05) is 0 Å². The average Bonchev–Trinajstić information content (AvgIpc) is 2.77. The van der Waals surface area contributed by atoms with E-state index in [1.807, 2.05) is 42.5 Å². The first-order valence-corrected chi connectivity index (χ1v) is 11.3. The van der Waals surface area contributed by atoms with Crippen LogP contribution in [0.5, 0.6) is 0 Å². The van der Waals surface area contributed by atoms with Gasteiger partial charge in [-0.15, -0.1) is 0 Å². The van der Waals surface area contributed by atoms with Crippen LogP contribution in [0.4, 0.5) is 0 Å². The maximum atomic E-state index is 13.1. The van der Waals surface area contributed by atoms with Crippen LogP contribution in [0.15, 0.2) is 63.3 Å². The smallest absolute Gasteiger partial charge is 0.262 e. The number of nitrogens with zero attached hydrogens (tertiary/aromatic N) is 3. The predicted octanol–water partition coefficient (Wildman–Crippen LogP) is 4.51. The molecule has 0 amide bonds. The van der Waals surface area contributed by atoms with Crippen molar-refractivity contribution in [3.05, 3.63) is 75.1 Å². The van der Waals surface area contributed by atoms with E-state index in [1.165, 1.54) is 11.8 Å². The van der Waals surface area contributed by atoms with Gasteiger partial charge >= 0.3 is 0 Å². The van der Waals surface area contributed by atoms with Crippen molar-refractivity contribution in [1.82, 2.24) is 19.5 Å². The summed E-state index contributed by atoms with van der Waals surface area (Å²) < 4.78 is 1.77. The molecule has 7 heteroatoms. The predicted molar refractivity (Wildman–Crippen MR) is 122 cm³/mol. The van der Waals surface area contributed by atoms with Gasteiger partial charge in [0, 0.05) is 6.54 Å². The van der Waals surface area contributed by atoms with E-state index < -0.39 is 0 Å². The lowest BCUT2D eigenvalue weighted by Crippen LogP contribution is -2.23. The number of fused-ring (bicyclic) bond motifs is 2. The highest BCUT2D eigenvalue weighted by molar-refractivity contribution is 7.98. The Hall–Kier alpha value is -2.93. The Kier molecular flexibility index (Phi) is 6.28. The summed E-state index contributed by atoms with van der Waals surface area (Å²) >= 11 is 1.43. The van der Waals surface area contributed by atoms with Crippen LogP contribution in [0.25, 0.3) is 21.8 Å². The summed E-state index contributed by atoms with van der Waals surface area (Å²) in [5.41, 5.74) is 1.19. The van der Waals surface area contributed by atoms with E-state index >= 15 is 0 Å². The second-order valence-electron chi connectivity index (χ2n) is 7.25. The van der Waals surface area contributed by atoms with E-state index in [0.717, 1.165) is 25.7 Å². The number of unbranched alkanes of at least 4 members (excludes halogenated alkanes) is 3. The summed E-state index contributed by atoms with van der Waals surface area (Å²) in [6.07, 6.45) is 4.32. The number of rotatable bonds is 8. The first-order chi connectivity index (χ1) is 14.7. The lowest BCUT2D eigenvalue weighted by molar-refractivity contribution is 0.531. The number of hydrogen-bond acceptors (Lipinski definition) is 5. The van der Waals surface area contributed by atoms with Crippen molar-refractivity contribution in [1.29, 1.82) is 0 Å². The Balaban J connectivity index is 1.65. The molecular formula is C23H24N4O2S. The van der Waals surface area contributed by atoms with Gasteiger partial charge in [0.05, 0.1) is 27.6 Å². The fraction of sp³-hybridized carbons (Fsp3) is 0.304. The topological polar surface area (TPSA) is 80.6 Å². The molecule has 2 heterocycles. The zero-order valence-electron chi connectivity index (χ0n) is 16.9. The van der Waals surface area contributed by atoms with E-state index in [0.29, 0.717) is 45.1 Å². The maximum Gasteiger partial charge on any atom is 0.262 e. The van der Waals surface area contributed by atoms with Crippen molar-refractivity contribution in [2.45, 2.75) is 50.1 Å². The van der Waals surface area contributed by atoms with Crippen LogP contribution in [-0.2, 0) is 12.3 Å². The first-order valence-electron chi connectivity index (χ1n) is 10.3. The van der Waals surface area contributed by atoms with Gasteiger partial charge in [0.2, 0.25) is 0 Å². The van der Waals surface area contributed by atoms with Crippen LogP contribution in [0.2, 0.25) is 0 Å². The van der Waals surface area contributed by atoms with Gasteiger partial charge in [0.1, 0.15) is 5.82 Å². The van der Waals surface area contributed by atoms with Gasteiger partial charge in [0.15, 0.2) is 5.16 Å². The van der Waals surface area contributed by atoms with E-state index in [4.69, 9.17) is 4.98 Å². The zero-order valence-corrected chi connectivity index (χ0v) is 17.7. The van der Waals surface area contributed by atoms with E-state index in [-0.39, 0.29) is 11.1 Å². The van der Waals surface area contributed by atoms with E-state index in [9.17, 15) is 9.59 Å².